The molecule has 6 nitrogen and oxygen atoms in total. The van der Waals surface area contributed by atoms with E-state index in [1.165, 1.54) is 167 Å². The lowest BCUT2D eigenvalue weighted by Gasteiger charge is -2.18. The maximum atomic E-state index is 12.9. The van der Waals surface area contributed by atoms with Crippen LogP contribution < -0.4 is 0 Å². The largest absolute Gasteiger partial charge is 0.462 e. The lowest BCUT2D eigenvalue weighted by Crippen LogP contribution is -2.30. The molecule has 0 N–H and O–H groups in total. The van der Waals surface area contributed by atoms with Gasteiger partial charge in [0.05, 0.1) is 0 Å². The Bertz CT molecular complexity index is 1510. The number of esters is 3. The van der Waals surface area contributed by atoms with Crippen molar-refractivity contribution in [3.8, 4) is 0 Å². The fourth-order valence-electron chi connectivity index (χ4n) is 9.18. The van der Waals surface area contributed by atoms with Crippen molar-refractivity contribution < 1.29 is 28.6 Å². The molecule has 0 saturated heterocycles. The van der Waals surface area contributed by atoms with Crippen molar-refractivity contribution in [1.29, 1.82) is 0 Å². The molecule has 442 valence electrons. The second-order valence-electron chi connectivity index (χ2n) is 21.6. The van der Waals surface area contributed by atoms with Gasteiger partial charge in [0.25, 0.3) is 0 Å². The third-order valence-electron chi connectivity index (χ3n) is 14.1. The van der Waals surface area contributed by atoms with Crippen molar-refractivity contribution in [2.75, 3.05) is 13.2 Å². The van der Waals surface area contributed by atoms with Crippen LogP contribution in [0.5, 0.6) is 0 Å². The van der Waals surface area contributed by atoms with Crippen LogP contribution in [0.15, 0.2) is 97.2 Å². The van der Waals surface area contributed by atoms with E-state index in [4.69, 9.17) is 14.2 Å². The zero-order chi connectivity index (χ0) is 55.7. The van der Waals surface area contributed by atoms with Crippen LogP contribution >= 0.6 is 0 Å². The number of hydrogen-bond acceptors (Lipinski definition) is 6. The van der Waals surface area contributed by atoms with Gasteiger partial charge in [-0.3, -0.25) is 14.4 Å². The zero-order valence-corrected chi connectivity index (χ0v) is 50.7. The highest BCUT2D eigenvalue weighted by molar-refractivity contribution is 5.71. The van der Waals surface area contributed by atoms with Gasteiger partial charge in [-0.15, -0.1) is 0 Å². The van der Waals surface area contributed by atoms with Gasteiger partial charge in [0.15, 0.2) is 6.10 Å². The van der Waals surface area contributed by atoms with Gasteiger partial charge in [-0.2, -0.15) is 0 Å². The molecule has 0 aliphatic rings. The van der Waals surface area contributed by atoms with Crippen LogP contribution in [0.25, 0.3) is 0 Å². The van der Waals surface area contributed by atoms with E-state index < -0.39 is 6.10 Å². The molecule has 0 aliphatic heterocycles. The molecule has 0 aromatic rings. The van der Waals surface area contributed by atoms with Gasteiger partial charge >= 0.3 is 17.9 Å². The Morgan fingerprint density at radius 1 is 0.273 bits per heavy atom. The third-order valence-corrected chi connectivity index (χ3v) is 14.1. The van der Waals surface area contributed by atoms with Crippen LogP contribution in [0.3, 0.4) is 0 Å². The maximum absolute atomic E-state index is 12.9. The molecule has 0 fully saturated rings. The fraction of sp³-hybridized carbons (Fsp3) is 0.732. The van der Waals surface area contributed by atoms with Crippen LogP contribution in [0.2, 0.25) is 0 Å². The second-order valence-corrected chi connectivity index (χ2v) is 21.6. The number of hydrogen-bond donors (Lipinski definition) is 0. The first-order valence-corrected chi connectivity index (χ1v) is 32.7. The monoisotopic (exact) mass is 1070 g/mol. The summed E-state index contributed by atoms with van der Waals surface area (Å²) in [5.74, 6) is -0.880. The minimum absolute atomic E-state index is 0.0789. The molecule has 6 heteroatoms. The highest BCUT2D eigenvalue weighted by Gasteiger charge is 2.19. The number of unbranched alkanes of at least 4 members (excludes halogenated alkanes) is 32. The molecule has 0 saturated carbocycles. The molecular weight excluding hydrogens is 949 g/mol. The molecule has 1 unspecified atom stereocenters. The van der Waals surface area contributed by atoms with Crippen molar-refractivity contribution in [2.24, 2.45) is 0 Å². The van der Waals surface area contributed by atoms with E-state index >= 15 is 0 Å². The van der Waals surface area contributed by atoms with Crippen LogP contribution in [0.4, 0.5) is 0 Å². The summed E-state index contributed by atoms with van der Waals surface area (Å²) in [6.45, 7) is 6.52. The number of allylic oxidation sites excluding steroid dienone is 16. The Kier molecular flexibility index (Phi) is 61.8. The van der Waals surface area contributed by atoms with Gasteiger partial charge in [-0.05, 0) is 103 Å². The summed E-state index contributed by atoms with van der Waals surface area (Å²) in [6, 6.07) is 0. The van der Waals surface area contributed by atoms with Gasteiger partial charge in [0.2, 0.25) is 0 Å². The molecule has 1 atom stereocenters. The number of carbonyl (C=O) groups is 3. The molecule has 0 amide bonds. The SMILES string of the molecule is CC/C=C\C/C=C\C/C=C\C/C=C\C/C=C\C/C=C\CCCCCCCCCCC(=O)OCC(COC(=O)CCCCCCCCCCCCCCC)OC(=O)CCCCCCCCCCC/C=C\C/C=C\CCCCC. The van der Waals surface area contributed by atoms with E-state index in [0.717, 1.165) is 109 Å². The van der Waals surface area contributed by atoms with Crippen LogP contribution in [0.1, 0.15) is 316 Å². The van der Waals surface area contributed by atoms with Crippen LogP contribution in [-0.2, 0) is 28.6 Å². The van der Waals surface area contributed by atoms with Crippen molar-refractivity contribution in [3.05, 3.63) is 97.2 Å². The lowest BCUT2D eigenvalue weighted by molar-refractivity contribution is -0.167. The highest BCUT2D eigenvalue weighted by Crippen LogP contribution is 2.16. The van der Waals surface area contributed by atoms with Crippen molar-refractivity contribution in [1.82, 2.24) is 0 Å². The average molecular weight is 1070 g/mol. The summed E-state index contributed by atoms with van der Waals surface area (Å²) >= 11 is 0. The Hall–Kier alpha value is -3.67. The summed E-state index contributed by atoms with van der Waals surface area (Å²) in [5, 5.41) is 0. The standard InChI is InChI=1S/C71H122O6/c1-4-7-10-13-16-19-22-25-27-29-31-32-33-34-35-36-37-38-40-41-43-46-49-52-55-58-61-64-70(73)76-67-68(66-75-69(72)63-60-57-54-51-48-45-24-21-18-15-12-9-6-3)77-71(74)65-62-59-56-53-50-47-44-42-39-30-28-26-23-20-17-14-11-8-5-2/h7,10,16-17,19-20,25-28,31-32,34-35,37-38,68H,4-6,8-9,11-15,18,21-24,29-30,33,36,39-67H2,1-3H3/b10-7-,19-16-,20-17-,27-25-,28-26-,32-31-,35-34-,38-37-. The third kappa shape index (κ3) is 63.0. The molecule has 0 aromatic carbocycles. The molecule has 0 heterocycles. The van der Waals surface area contributed by atoms with Gasteiger partial charge in [-0.25, -0.2) is 0 Å². The van der Waals surface area contributed by atoms with Crippen molar-refractivity contribution >= 4 is 17.9 Å². The predicted molar refractivity (Wildman–Crippen MR) is 334 cm³/mol. The van der Waals surface area contributed by atoms with Gasteiger partial charge in [-0.1, -0.05) is 291 Å². The summed E-state index contributed by atoms with van der Waals surface area (Å²) < 4.78 is 16.9. The summed E-state index contributed by atoms with van der Waals surface area (Å²) in [6.07, 6.45) is 86.9. The number of carbonyl (C=O) groups excluding carboxylic acids is 3. The number of ether oxygens (including phenoxy) is 3. The summed E-state index contributed by atoms with van der Waals surface area (Å²) in [4.78, 5) is 38.3. The molecule has 0 rings (SSSR count). The second kappa shape index (κ2) is 64.9. The van der Waals surface area contributed by atoms with E-state index in [0.29, 0.717) is 19.3 Å². The first-order chi connectivity index (χ1) is 38.0. The first kappa shape index (κ1) is 73.3. The van der Waals surface area contributed by atoms with E-state index in [1.54, 1.807) is 0 Å². The highest BCUT2D eigenvalue weighted by atomic mass is 16.6. The van der Waals surface area contributed by atoms with E-state index in [2.05, 4.69) is 118 Å². The lowest BCUT2D eigenvalue weighted by atomic mass is 10.0. The minimum atomic E-state index is -0.783. The Morgan fingerprint density at radius 3 is 0.818 bits per heavy atom. The normalized spacial score (nSPS) is 12.7. The van der Waals surface area contributed by atoms with E-state index in [9.17, 15) is 14.4 Å². The minimum Gasteiger partial charge on any atom is -0.462 e. The van der Waals surface area contributed by atoms with E-state index in [1.807, 2.05) is 0 Å². The Morgan fingerprint density at radius 2 is 0.506 bits per heavy atom. The first-order valence-electron chi connectivity index (χ1n) is 32.7. The van der Waals surface area contributed by atoms with Crippen LogP contribution in [-0.4, -0.2) is 37.2 Å². The topological polar surface area (TPSA) is 78.9 Å². The van der Waals surface area contributed by atoms with Crippen molar-refractivity contribution in [3.63, 3.8) is 0 Å². The van der Waals surface area contributed by atoms with Gasteiger partial charge in [0.1, 0.15) is 13.2 Å². The quantitative estimate of drug-likeness (QED) is 0.0261. The molecule has 77 heavy (non-hydrogen) atoms. The smallest absolute Gasteiger partial charge is 0.306 e. The Balaban J connectivity index is 4.33. The zero-order valence-electron chi connectivity index (χ0n) is 50.7. The van der Waals surface area contributed by atoms with Crippen LogP contribution in [0, 0.1) is 0 Å². The van der Waals surface area contributed by atoms with E-state index in [-0.39, 0.29) is 31.1 Å². The van der Waals surface area contributed by atoms with Gasteiger partial charge in [0, 0.05) is 19.3 Å². The maximum Gasteiger partial charge on any atom is 0.306 e. The average Bonchev–Trinajstić information content (AvgIpc) is 3.43. The summed E-state index contributed by atoms with van der Waals surface area (Å²) in [5.41, 5.74) is 0. The number of rotatable bonds is 59. The molecule has 0 bridgehead atoms. The molecule has 0 aliphatic carbocycles. The predicted octanol–water partition coefficient (Wildman–Crippen LogP) is 22.4. The molecular formula is C71H122O6. The van der Waals surface area contributed by atoms with Crippen molar-refractivity contribution in [2.45, 2.75) is 322 Å². The molecule has 0 aromatic heterocycles. The van der Waals surface area contributed by atoms with Gasteiger partial charge < -0.3 is 14.2 Å². The fourth-order valence-corrected chi connectivity index (χ4v) is 9.18. The molecule has 0 spiro atoms. The summed E-state index contributed by atoms with van der Waals surface area (Å²) in [7, 11) is 0. The Labute approximate surface area is 477 Å². The molecule has 0 radical (unpaired) electrons.